The fourth-order valence-electron chi connectivity index (χ4n) is 1.66. The zero-order valence-electron chi connectivity index (χ0n) is 11.1. The molecule has 0 aliphatic carbocycles. The van der Waals surface area contributed by atoms with E-state index in [-0.39, 0.29) is 6.04 Å². The van der Waals surface area contributed by atoms with Gasteiger partial charge in [0, 0.05) is 12.5 Å². The molecule has 1 unspecified atom stereocenters. The van der Waals surface area contributed by atoms with Crippen LogP contribution < -0.4 is 15.2 Å². The number of hydrogen-bond acceptors (Lipinski definition) is 3. The normalized spacial score (nSPS) is 11.7. The van der Waals surface area contributed by atoms with Crippen molar-refractivity contribution in [3.63, 3.8) is 0 Å². The second kappa shape index (κ2) is 7.62. The van der Waals surface area contributed by atoms with Crippen molar-refractivity contribution in [2.24, 2.45) is 5.73 Å². The summed E-state index contributed by atoms with van der Waals surface area (Å²) in [6.07, 6.45) is 6.61. The maximum atomic E-state index is 5.79. The summed E-state index contributed by atoms with van der Waals surface area (Å²) < 4.78 is 11.2. The van der Waals surface area contributed by atoms with Gasteiger partial charge in [-0.25, -0.2) is 0 Å². The van der Waals surface area contributed by atoms with E-state index in [1.54, 1.807) is 0 Å². The van der Waals surface area contributed by atoms with Crippen molar-refractivity contribution in [1.29, 1.82) is 0 Å². The van der Waals surface area contributed by atoms with E-state index in [2.05, 4.69) is 5.92 Å². The highest BCUT2D eigenvalue weighted by Crippen LogP contribution is 2.29. The lowest BCUT2D eigenvalue weighted by Gasteiger charge is -2.13. The fourth-order valence-corrected chi connectivity index (χ4v) is 1.66. The van der Waals surface area contributed by atoms with Crippen LogP contribution in [0.4, 0.5) is 0 Å². The molecule has 2 N–H and O–H groups in total. The van der Waals surface area contributed by atoms with Crippen LogP contribution in [0.2, 0.25) is 0 Å². The first-order valence-corrected chi connectivity index (χ1v) is 6.25. The van der Waals surface area contributed by atoms with E-state index in [1.807, 2.05) is 32.0 Å². The Balaban J connectivity index is 2.79. The van der Waals surface area contributed by atoms with Crippen molar-refractivity contribution in [2.45, 2.75) is 32.7 Å². The summed E-state index contributed by atoms with van der Waals surface area (Å²) in [4.78, 5) is 0. The molecule has 0 amide bonds. The summed E-state index contributed by atoms with van der Waals surface area (Å²) in [6, 6.07) is 6.04. The minimum atomic E-state index is 0.132. The molecule has 0 radical (unpaired) electrons. The summed E-state index contributed by atoms with van der Waals surface area (Å²) in [6.45, 7) is 5.04. The van der Waals surface area contributed by atoms with E-state index in [0.29, 0.717) is 19.6 Å². The molecule has 0 saturated carbocycles. The fraction of sp³-hybridized carbons (Fsp3) is 0.467. The minimum absolute atomic E-state index is 0.132. The molecule has 1 aromatic rings. The molecule has 1 aromatic carbocycles. The van der Waals surface area contributed by atoms with E-state index < -0.39 is 0 Å². The van der Waals surface area contributed by atoms with Gasteiger partial charge in [0.05, 0.1) is 13.2 Å². The van der Waals surface area contributed by atoms with E-state index >= 15 is 0 Å². The van der Waals surface area contributed by atoms with Crippen molar-refractivity contribution in [3.8, 4) is 23.8 Å². The van der Waals surface area contributed by atoms with Gasteiger partial charge in [0.25, 0.3) is 0 Å². The molecule has 3 heteroatoms. The summed E-state index contributed by atoms with van der Waals surface area (Å²) in [5, 5.41) is 0. The topological polar surface area (TPSA) is 44.5 Å². The molecular formula is C15H21NO2. The van der Waals surface area contributed by atoms with Gasteiger partial charge in [0.2, 0.25) is 0 Å². The second-order valence-electron chi connectivity index (χ2n) is 4.20. The van der Waals surface area contributed by atoms with Crippen LogP contribution in [0.5, 0.6) is 11.5 Å². The average molecular weight is 247 g/mol. The van der Waals surface area contributed by atoms with Crippen molar-refractivity contribution < 1.29 is 9.47 Å². The molecule has 3 nitrogen and oxygen atoms in total. The van der Waals surface area contributed by atoms with Crippen LogP contribution >= 0.6 is 0 Å². The Morgan fingerprint density at radius 2 is 2.11 bits per heavy atom. The lowest BCUT2D eigenvalue weighted by atomic mass is 10.1. The lowest BCUT2D eigenvalue weighted by Crippen LogP contribution is -2.17. The Morgan fingerprint density at radius 3 is 2.72 bits per heavy atom. The summed E-state index contributed by atoms with van der Waals surface area (Å²) in [7, 11) is 0. The Hall–Kier alpha value is -1.66. The molecule has 0 aliphatic heterocycles. The first-order valence-electron chi connectivity index (χ1n) is 6.25. The van der Waals surface area contributed by atoms with Crippen LogP contribution in [0, 0.1) is 12.3 Å². The SMILES string of the molecule is C#CCCOc1ccc(CC(C)N)cc1OCC. The van der Waals surface area contributed by atoms with Crippen molar-refractivity contribution >= 4 is 0 Å². The molecular weight excluding hydrogens is 226 g/mol. The number of terminal acetylenes is 1. The van der Waals surface area contributed by atoms with Gasteiger partial charge >= 0.3 is 0 Å². The molecule has 0 aromatic heterocycles. The molecule has 1 atom stereocenters. The average Bonchev–Trinajstić information content (AvgIpc) is 2.32. The highest BCUT2D eigenvalue weighted by molar-refractivity contribution is 5.43. The molecule has 0 aliphatic rings. The number of hydrogen-bond donors (Lipinski definition) is 1. The lowest BCUT2D eigenvalue weighted by molar-refractivity contribution is 0.281. The highest BCUT2D eigenvalue weighted by Gasteiger charge is 2.07. The monoisotopic (exact) mass is 247 g/mol. The third kappa shape index (κ3) is 4.68. The summed E-state index contributed by atoms with van der Waals surface area (Å²) in [5.74, 6) is 4.04. The number of rotatable bonds is 7. The summed E-state index contributed by atoms with van der Waals surface area (Å²) >= 11 is 0. The molecule has 0 fully saturated rings. The van der Waals surface area contributed by atoms with Gasteiger partial charge in [0.1, 0.15) is 0 Å². The predicted octanol–water partition coefficient (Wildman–Crippen LogP) is 2.38. The largest absolute Gasteiger partial charge is 0.490 e. The Bertz CT molecular complexity index is 407. The van der Waals surface area contributed by atoms with Gasteiger partial charge < -0.3 is 15.2 Å². The van der Waals surface area contributed by atoms with Crippen molar-refractivity contribution in [1.82, 2.24) is 0 Å². The van der Waals surface area contributed by atoms with Crippen molar-refractivity contribution in [2.75, 3.05) is 13.2 Å². The Kier molecular flexibility index (Phi) is 6.10. The van der Waals surface area contributed by atoms with Gasteiger partial charge in [-0.15, -0.1) is 12.3 Å². The zero-order valence-corrected chi connectivity index (χ0v) is 11.1. The van der Waals surface area contributed by atoms with Crippen LogP contribution in [0.1, 0.15) is 25.8 Å². The van der Waals surface area contributed by atoms with E-state index in [9.17, 15) is 0 Å². The second-order valence-corrected chi connectivity index (χ2v) is 4.20. The van der Waals surface area contributed by atoms with E-state index in [0.717, 1.165) is 23.5 Å². The third-order valence-corrected chi connectivity index (χ3v) is 2.37. The first-order chi connectivity index (χ1) is 8.67. The number of nitrogens with two attached hydrogens (primary N) is 1. The van der Waals surface area contributed by atoms with Crippen LogP contribution in [0.25, 0.3) is 0 Å². The van der Waals surface area contributed by atoms with E-state index in [4.69, 9.17) is 21.6 Å². The zero-order chi connectivity index (χ0) is 13.4. The molecule has 0 heterocycles. The summed E-state index contributed by atoms with van der Waals surface area (Å²) in [5.41, 5.74) is 6.94. The molecule has 0 saturated heterocycles. The predicted molar refractivity (Wildman–Crippen MR) is 73.9 cm³/mol. The van der Waals surface area contributed by atoms with Gasteiger partial charge in [-0.1, -0.05) is 6.07 Å². The van der Waals surface area contributed by atoms with Crippen LogP contribution in [0.3, 0.4) is 0 Å². The quantitative estimate of drug-likeness (QED) is 0.594. The van der Waals surface area contributed by atoms with Gasteiger partial charge in [0.15, 0.2) is 11.5 Å². The number of benzene rings is 1. The molecule has 0 spiro atoms. The van der Waals surface area contributed by atoms with Crippen LogP contribution in [0.15, 0.2) is 18.2 Å². The molecule has 0 bridgehead atoms. The molecule has 18 heavy (non-hydrogen) atoms. The smallest absolute Gasteiger partial charge is 0.161 e. The highest BCUT2D eigenvalue weighted by atomic mass is 16.5. The van der Waals surface area contributed by atoms with Crippen molar-refractivity contribution in [3.05, 3.63) is 23.8 Å². The van der Waals surface area contributed by atoms with Gasteiger partial charge in [-0.2, -0.15) is 0 Å². The minimum Gasteiger partial charge on any atom is -0.490 e. The maximum Gasteiger partial charge on any atom is 0.161 e. The molecule has 98 valence electrons. The van der Waals surface area contributed by atoms with E-state index in [1.165, 1.54) is 0 Å². The Labute approximate surface area is 109 Å². The first kappa shape index (κ1) is 14.4. The maximum absolute atomic E-state index is 5.79. The van der Waals surface area contributed by atoms with Gasteiger partial charge in [-0.05, 0) is 38.0 Å². The number of ether oxygens (including phenoxy) is 2. The molecule has 1 rings (SSSR count). The standard InChI is InChI=1S/C15H21NO2/c1-4-6-9-18-14-8-7-13(10-12(3)16)11-15(14)17-5-2/h1,7-8,11-12H,5-6,9-10,16H2,2-3H3. The van der Waals surface area contributed by atoms with Crippen LogP contribution in [-0.4, -0.2) is 19.3 Å². The van der Waals surface area contributed by atoms with Crippen LogP contribution in [-0.2, 0) is 6.42 Å². The third-order valence-electron chi connectivity index (χ3n) is 2.37. The van der Waals surface area contributed by atoms with Gasteiger partial charge in [-0.3, -0.25) is 0 Å². The Morgan fingerprint density at radius 1 is 1.33 bits per heavy atom.